The van der Waals surface area contributed by atoms with Crippen LogP contribution in [0.1, 0.15) is 36.4 Å². The number of allylic oxidation sites excluding steroid dienone is 1. The maximum Gasteiger partial charge on any atom is 0.411 e. The minimum absolute atomic E-state index is 0.159. The van der Waals surface area contributed by atoms with Gasteiger partial charge in [-0.3, -0.25) is 14.9 Å². The van der Waals surface area contributed by atoms with Crippen molar-refractivity contribution in [1.82, 2.24) is 25.5 Å². The number of carbonyl (C=O) groups excluding carboxylic acids is 3. The molecule has 4 aromatic rings. The highest BCUT2D eigenvalue weighted by atomic mass is 35.5. The highest BCUT2D eigenvalue weighted by Crippen LogP contribution is 2.33. The van der Waals surface area contributed by atoms with Gasteiger partial charge in [0.15, 0.2) is 0 Å². The van der Waals surface area contributed by atoms with Crippen molar-refractivity contribution in [2.75, 3.05) is 17.7 Å². The average Bonchev–Trinajstić information content (AvgIpc) is 3.54. The molecular formula is C31H28ClN7O4. The van der Waals surface area contributed by atoms with Crippen LogP contribution in [0.4, 0.5) is 16.2 Å². The van der Waals surface area contributed by atoms with E-state index in [-0.39, 0.29) is 24.3 Å². The van der Waals surface area contributed by atoms with Crippen molar-refractivity contribution in [3.8, 4) is 16.8 Å². The van der Waals surface area contributed by atoms with E-state index < -0.39 is 6.09 Å². The second-order valence-corrected chi connectivity index (χ2v) is 10.1. The molecule has 0 radical (unpaired) electrons. The summed E-state index contributed by atoms with van der Waals surface area (Å²) in [5.41, 5.74) is 4.84. The summed E-state index contributed by atoms with van der Waals surface area (Å²) in [6.07, 6.45) is 9.16. The Balaban J connectivity index is 1.43. The van der Waals surface area contributed by atoms with Gasteiger partial charge >= 0.3 is 6.09 Å². The van der Waals surface area contributed by atoms with Crippen molar-refractivity contribution < 1.29 is 19.1 Å². The van der Waals surface area contributed by atoms with Gasteiger partial charge in [0.25, 0.3) is 0 Å². The Bertz CT molecular complexity index is 1700. The van der Waals surface area contributed by atoms with Gasteiger partial charge < -0.3 is 15.4 Å². The van der Waals surface area contributed by atoms with Gasteiger partial charge in [0.05, 0.1) is 24.5 Å². The first kappa shape index (κ1) is 29.2. The van der Waals surface area contributed by atoms with E-state index in [1.54, 1.807) is 36.4 Å². The smallest absolute Gasteiger partial charge is 0.411 e. The Labute approximate surface area is 252 Å². The molecule has 1 aliphatic heterocycles. The number of ether oxygens (including phenoxy) is 1. The minimum Gasteiger partial charge on any atom is -0.453 e. The predicted octanol–water partition coefficient (Wildman–Crippen LogP) is 5.71. The largest absolute Gasteiger partial charge is 0.453 e. The average molecular weight is 598 g/mol. The first-order chi connectivity index (χ1) is 20.9. The van der Waals surface area contributed by atoms with Gasteiger partial charge in [-0.05, 0) is 76.9 Å². The molecule has 43 heavy (non-hydrogen) atoms. The van der Waals surface area contributed by atoms with Crippen molar-refractivity contribution in [1.29, 1.82) is 0 Å². The number of hydrogen-bond acceptors (Lipinski definition) is 7. The molecule has 1 unspecified atom stereocenters. The van der Waals surface area contributed by atoms with Crippen LogP contribution < -0.4 is 16.0 Å². The number of benzene rings is 3. The highest BCUT2D eigenvalue weighted by molar-refractivity contribution is 6.30. The molecule has 1 atom stereocenters. The van der Waals surface area contributed by atoms with E-state index >= 15 is 0 Å². The second kappa shape index (κ2) is 13.6. The lowest BCUT2D eigenvalue weighted by Gasteiger charge is -2.19. The topological polar surface area (TPSA) is 140 Å². The first-order valence-corrected chi connectivity index (χ1v) is 13.8. The van der Waals surface area contributed by atoms with Crippen LogP contribution >= 0.6 is 11.6 Å². The summed E-state index contributed by atoms with van der Waals surface area (Å²) in [6.45, 7) is 0. The summed E-state index contributed by atoms with van der Waals surface area (Å²) in [5.74, 6) is -0.458. The SMILES string of the molecule is COC(=O)Nc1ccc2c(c1)NC(=O)CC/C=C\CC(NC(=O)/C=C/c1cc(Cl)ccc1-n1cnnn1)c1cccc-2c1. The molecule has 5 rings (SSSR count). The van der Waals surface area contributed by atoms with E-state index in [1.165, 1.54) is 24.2 Å². The summed E-state index contributed by atoms with van der Waals surface area (Å²) < 4.78 is 6.19. The molecule has 0 fully saturated rings. The molecule has 11 nitrogen and oxygen atoms in total. The maximum absolute atomic E-state index is 13.2. The van der Waals surface area contributed by atoms with Crippen LogP contribution in [0.25, 0.3) is 22.9 Å². The first-order valence-electron chi connectivity index (χ1n) is 13.5. The number of rotatable bonds is 5. The summed E-state index contributed by atoms with van der Waals surface area (Å²) in [5, 5.41) is 20.5. The van der Waals surface area contributed by atoms with E-state index in [0.29, 0.717) is 40.5 Å². The van der Waals surface area contributed by atoms with Gasteiger partial charge in [0, 0.05) is 34.3 Å². The lowest BCUT2D eigenvalue weighted by Crippen LogP contribution is -2.26. The van der Waals surface area contributed by atoms with Gasteiger partial charge in [-0.1, -0.05) is 48.0 Å². The molecule has 2 bridgehead atoms. The van der Waals surface area contributed by atoms with Crippen molar-refractivity contribution >= 4 is 47.0 Å². The van der Waals surface area contributed by atoms with E-state index in [1.807, 2.05) is 42.5 Å². The fraction of sp³-hybridized carbons (Fsp3) is 0.161. The molecule has 0 spiro atoms. The van der Waals surface area contributed by atoms with Crippen molar-refractivity contribution in [2.45, 2.75) is 25.3 Å². The number of fused-ring (bicyclic) bond motifs is 4. The summed E-state index contributed by atoms with van der Waals surface area (Å²) in [4.78, 5) is 37.7. The Kier molecular flexibility index (Phi) is 9.23. The number of nitrogens with one attached hydrogen (secondary N) is 3. The molecule has 0 saturated heterocycles. The molecule has 1 aliphatic rings. The molecule has 2 heterocycles. The maximum atomic E-state index is 13.2. The third-order valence-corrected chi connectivity index (χ3v) is 6.95. The lowest BCUT2D eigenvalue weighted by atomic mass is 9.96. The molecule has 3 N–H and O–H groups in total. The minimum atomic E-state index is -0.613. The predicted molar refractivity (Wildman–Crippen MR) is 164 cm³/mol. The standard InChI is InChI=1S/C31H28ClN7O4/c1-43-31(42)34-24-12-13-25-20-6-5-7-21(16-20)26(8-3-2-4-9-29(40)36-27(25)18-24)35-30(41)15-10-22-17-23(32)11-14-28(22)39-19-33-37-38-39/h2-3,5-7,10-19,26H,4,8-9H2,1H3,(H,34,42)(H,35,41)(H,36,40)/b3-2-,15-10+. The van der Waals surface area contributed by atoms with Crippen LogP contribution in [0.5, 0.6) is 0 Å². The van der Waals surface area contributed by atoms with Crippen LogP contribution in [0.15, 0.2) is 85.2 Å². The van der Waals surface area contributed by atoms with Crippen LogP contribution in [0.3, 0.4) is 0 Å². The fourth-order valence-corrected chi connectivity index (χ4v) is 4.83. The molecule has 0 saturated carbocycles. The molecule has 3 aromatic carbocycles. The zero-order valence-electron chi connectivity index (χ0n) is 23.2. The number of nitrogens with zero attached hydrogens (tertiary/aromatic N) is 4. The van der Waals surface area contributed by atoms with Gasteiger partial charge in [-0.25, -0.2) is 4.79 Å². The number of halogens is 1. The third-order valence-electron chi connectivity index (χ3n) is 6.72. The zero-order valence-corrected chi connectivity index (χ0v) is 23.9. The van der Waals surface area contributed by atoms with E-state index in [0.717, 1.165) is 16.7 Å². The van der Waals surface area contributed by atoms with Gasteiger partial charge in [0.1, 0.15) is 6.33 Å². The number of aromatic nitrogens is 4. The Morgan fingerprint density at radius 3 is 2.81 bits per heavy atom. The zero-order chi connectivity index (χ0) is 30.2. The van der Waals surface area contributed by atoms with E-state index in [2.05, 4.69) is 31.5 Å². The van der Waals surface area contributed by atoms with E-state index in [9.17, 15) is 14.4 Å². The van der Waals surface area contributed by atoms with Crippen LogP contribution in [-0.2, 0) is 14.3 Å². The summed E-state index contributed by atoms with van der Waals surface area (Å²) >= 11 is 6.22. The highest BCUT2D eigenvalue weighted by Gasteiger charge is 2.17. The number of carbonyl (C=O) groups is 3. The number of amides is 3. The molecule has 3 amide bonds. The monoisotopic (exact) mass is 597 g/mol. The number of tetrazole rings is 1. The summed E-state index contributed by atoms with van der Waals surface area (Å²) in [7, 11) is 1.28. The third kappa shape index (κ3) is 7.52. The lowest BCUT2D eigenvalue weighted by molar-refractivity contribution is -0.117. The van der Waals surface area contributed by atoms with Crippen molar-refractivity contribution in [3.63, 3.8) is 0 Å². The summed E-state index contributed by atoms with van der Waals surface area (Å²) in [6, 6.07) is 17.9. The van der Waals surface area contributed by atoms with Crippen molar-refractivity contribution in [3.05, 3.63) is 101 Å². The number of hydrogen-bond donors (Lipinski definition) is 3. The molecule has 12 heteroatoms. The fourth-order valence-electron chi connectivity index (χ4n) is 4.65. The van der Waals surface area contributed by atoms with Gasteiger partial charge in [0.2, 0.25) is 11.8 Å². The van der Waals surface area contributed by atoms with Gasteiger partial charge in [-0.15, -0.1) is 5.10 Å². The quantitative estimate of drug-likeness (QED) is 0.198. The van der Waals surface area contributed by atoms with Gasteiger partial charge in [-0.2, -0.15) is 4.68 Å². The Hall–Kier alpha value is -5.29. The normalized spacial score (nSPS) is 15.7. The van der Waals surface area contributed by atoms with Crippen molar-refractivity contribution in [2.24, 2.45) is 0 Å². The Morgan fingerprint density at radius 1 is 1.12 bits per heavy atom. The van der Waals surface area contributed by atoms with Crippen LogP contribution in [0.2, 0.25) is 5.02 Å². The molecule has 1 aromatic heterocycles. The number of methoxy groups -OCH3 is 1. The number of anilines is 2. The Morgan fingerprint density at radius 2 is 2.00 bits per heavy atom. The molecule has 0 aliphatic carbocycles. The molecule has 218 valence electrons. The molecular weight excluding hydrogens is 570 g/mol. The van der Waals surface area contributed by atoms with Crippen LogP contribution in [-0.4, -0.2) is 45.2 Å². The van der Waals surface area contributed by atoms with Crippen LogP contribution in [0, 0.1) is 0 Å². The second-order valence-electron chi connectivity index (χ2n) is 9.65. The van der Waals surface area contributed by atoms with E-state index in [4.69, 9.17) is 16.3 Å².